The van der Waals surface area contributed by atoms with E-state index in [4.69, 9.17) is 5.73 Å². The third-order valence-electron chi connectivity index (χ3n) is 3.01. The predicted octanol–water partition coefficient (Wildman–Crippen LogP) is 0.531. The number of carbonyl (C=O) groups is 2. The van der Waals surface area contributed by atoms with Crippen LogP contribution in [0, 0.1) is 0 Å². The first-order valence-corrected chi connectivity index (χ1v) is 6.52. The van der Waals surface area contributed by atoms with E-state index in [2.05, 4.69) is 25.8 Å². The van der Waals surface area contributed by atoms with Crippen molar-refractivity contribution in [1.29, 1.82) is 0 Å². The number of amides is 2. The molecular weight excluding hydrogens is 272 g/mol. The smallest absolute Gasteiger partial charge is 0.293 e. The molecule has 1 heterocycles. The van der Waals surface area contributed by atoms with E-state index in [1.54, 1.807) is 24.3 Å². The molecule has 2 amide bonds. The minimum Gasteiger partial charge on any atom is -0.366 e. The first kappa shape index (κ1) is 13.1. The first-order chi connectivity index (χ1) is 10.1. The lowest BCUT2D eigenvalue weighted by Gasteiger charge is -2.06. The molecule has 21 heavy (non-hydrogen) atoms. The minimum absolute atomic E-state index is 0.00212. The maximum atomic E-state index is 11.9. The maximum absolute atomic E-state index is 11.9. The first-order valence-electron chi connectivity index (χ1n) is 6.52. The summed E-state index contributed by atoms with van der Waals surface area (Å²) in [6.07, 6.45) is 2.05. The summed E-state index contributed by atoms with van der Waals surface area (Å²) >= 11 is 0. The van der Waals surface area contributed by atoms with Crippen LogP contribution in [0.15, 0.2) is 24.3 Å². The number of aromatic nitrogens is 3. The monoisotopic (exact) mass is 286 g/mol. The van der Waals surface area contributed by atoms with Gasteiger partial charge >= 0.3 is 0 Å². The van der Waals surface area contributed by atoms with Crippen molar-refractivity contribution in [3.8, 4) is 0 Å². The standard InChI is InChI=1S/C13H14N6O2/c14-13-17-10(18-19-13)12(21)16-9-3-1-2-7(6-9)11(20)15-8-4-5-8/h1-3,6,8H,4-5H2,(H,15,20)(H,16,21)(H3,14,17,18,19). The number of hydrogen-bond donors (Lipinski definition) is 4. The maximum Gasteiger partial charge on any atom is 0.293 e. The van der Waals surface area contributed by atoms with Crippen LogP contribution in [-0.4, -0.2) is 33.0 Å². The Hall–Kier alpha value is -2.90. The van der Waals surface area contributed by atoms with Crippen LogP contribution in [0.3, 0.4) is 0 Å². The van der Waals surface area contributed by atoms with Crippen LogP contribution in [-0.2, 0) is 0 Å². The quantitative estimate of drug-likeness (QED) is 0.652. The molecule has 1 aromatic carbocycles. The highest BCUT2D eigenvalue weighted by Gasteiger charge is 2.23. The second-order valence-corrected chi connectivity index (χ2v) is 4.82. The molecule has 0 bridgehead atoms. The van der Waals surface area contributed by atoms with Gasteiger partial charge in [-0.05, 0) is 31.0 Å². The van der Waals surface area contributed by atoms with Gasteiger partial charge in [-0.1, -0.05) is 6.07 Å². The summed E-state index contributed by atoms with van der Waals surface area (Å²) in [5.74, 6) is -0.602. The van der Waals surface area contributed by atoms with Crippen molar-refractivity contribution < 1.29 is 9.59 Å². The number of anilines is 2. The molecule has 1 aliphatic carbocycles. The number of hydrogen-bond acceptors (Lipinski definition) is 5. The van der Waals surface area contributed by atoms with E-state index < -0.39 is 5.91 Å². The van der Waals surface area contributed by atoms with E-state index in [1.807, 2.05) is 0 Å². The third-order valence-corrected chi connectivity index (χ3v) is 3.01. The number of nitrogens with two attached hydrogens (primary N) is 1. The number of H-pyrrole nitrogens is 1. The van der Waals surface area contributed by atoms with Crippen LogP contribution >= 0.6 is 0 Å². The summed E-state index contributed by atoms with van der Waals surface area (Å²) in [5.41, 5.74) is 6.34. The number of carbonyl (C=O) groups excluding carboxylic acids is 2. The number of nitrogens with one attached hydrogen (secondary N) is 3. The van der Waals surface area contributed by atoms with Gasteiger partial charge in [-0.2, -0.15) is 4.98 Å². The molecule has 0 unspecified atom stereocenters. The van der Waals surface area contributed by atoms with Gasteiger partial charge < -0.3 is 16.4 Å². The SMILES string of the molecule is Nc1n[nH]c(C(=O)Nc2cccc(C(=O)NC3CC3)c2)n1. The van der Waals surface area contributed by atoms with Gasteiger partial charge in [0.2, 0.25) is 11.8 Å². The molecule has 8 nitrogen and oxygen atoms in total. The number of aromatic amines is 1. The summed E-state index contributed by atoms with van der Waals surface area (Å²) in [6.45, 7) is 0. The lowest BCUT2D eigenvalue weighted by Crippen LogP contribution is -2.25. The zero-order chi connectivity index (χ0) is 14.8. The number of rotatable bonds is 4. The summed E-state index contributed by atoms with van der Waals surface area (Å²) < 4.78 is 0. The van der Waals surface area contributed by atoms with Crippen LogP contribution in [0.25, 0.3) is 0 Å². The van der Waals surface area contributed by atoms with E-state index in [0.29, 0.717) is 11.3 Å². The summed E-state index contributed by atoms with van der Waals surface area (Å²) in [7, 11) is 0. The summed E-state index contributed by atoms with van der Waals surface area (Å²) in [6, 6.07) is 6.97. The highest BCUT2D eigenvalue weighted by Crippen LogP contribution is 2.20. The molecular formula is C13H14N6O2. The molecule has 1 fully saturated rings. The average molecular weight is 286 g/mol. The molecule has 0 radical (unpaired) electrons. The lowest BCUT2D eigenvalue weighted by atomic mass is 10.2. The van der Waals surface area contributed by atoms with Crippen molar-refractivity contribution in [2.45, 2.75) is 18.9 Å². The number of nitrogen functional groups attached to an aromatic ring is 1. The largest absolute Gasteiger partial charge is 0.366 e. The topological polar surface area (TPSA) is 126 Å². The van der Waals surface area contributed by atoms with Crippen LogP contribution < -0.4 is 16.4 Å². The van der Waals surface area contributed by atoms with Crippen molar-refractivity contribution in [3.63, 3.8) is 0 Å². The molecule has 3 rings (SSSR count). The zero-order valence-electron chi connectivity index (χ0n) is 11.1. The average Bonchev–Trinajstić information content (AvgIpc) is 3.17. The molecule has 8 heteroatoms. The van der Waals surface area contributed by atoms with Gasteiger partial charge in [0.05, 0.1) is 0 Å². The lowest BCUT2D eigenvalue weighted by molar-refractivity contribution is 0.0949. The molecule has 1 aliphatic rings. The van der Waals surface area contributed by atoms with Crippen LogP contribution in [0.5, 0.6) is 0 Å². The predicted molar refractivity (Wildman–Crippen MR) is 75.7 cm³/mol. The normalized spacial score (nSPS) is 13.7. The number of benzene rings is 1. The van der Waals surface area contributed by atoms with E-state index in [1.165, 1.54) is 0 Å². The van der Waals surface area contributed by atoms with Crippen LogP contribution in [0.4, 0.5) is 11.6 Å². The fourth-order valence-corrected chi connectivity index (χ4v) is 1.80. The molecule has 0 saturated heterocycles. The van der Waals surface area contributed by atoms with Crippen molar-refractivity contribution >= 4 is 23.5 Å². The van der Waals surface area contributed by atoms with Gasteiger partial charge in [0.25, 0.3) is 11.8 Å². The fourth-order valence-electron chi connectivity index (χ4n) is 1.80. The molecule has 0 atom stereocenters. The Morgan fingerprint density at radius 1 is 1.29 bits per heavy atom. The summed E-state index contributed by atoms with van der Waals surface area (Å²) in [4.78, 5) is 27.6. The van der Waals surface area contributed by atoms with Crippen LogP contribution in [0.1, 0.15) is 33.8 Å². The van der Waals surface area contributed by atoms with Gasteiger partial charge in [0, 0.05) is 17.3 Å². The zero-order valence-corrected chi connectivity index (χ0v) is 11.1. The molecule has 1 saturated carbocycles. The van der Waals surface area contributed by atoms with Gasteiger partial charge in [-0.25, -0.2) is 0 Å². The fraction of sp³-hybridized carbons (Fsp3) is 0.231. The summed E-state index contributed by atoms with van der Waals surface area (Å²) in [5, 5.41) is 11.5. The third kappa shape index (κ3) is 3.16. The molecule has 0 aliphatic heterocycles. The molecule has 1 aromatic heterocycles. The second kappa shape index (κ2) is 5.23. The van der Waals surface area contributed by atoms with Gasteiger partial charge in [0.15, 0.2) is 0 Å². The van der Waals surface area contributed by atoms with E-state index >= 15 is 0 Å². The molecule has 0 spiro atoms. The minimum atomic E-state index is -0.473. The Labute approximate surface area is 120 Å². The highest BCUT2D eigenvalue weighted by atomic mass is 16.2. The van der Waals surface area contributed by atoms with Crippen molar-refractivity contribution in [1.82, 2.24) is 20.5 Å². The molecule has 108 valence electrons. The Morgan fingerprint density at radius 2 is 2.10 bits per heavy atom. The van der Waals surface area contributed by atoms with Gasteiger partial charge in [-0.15, -0.1) is 5.10 Å². The Morgan fingerprint density at radius 3 is 2.76 bits per heavy atom. The van der Waals surface area contributed by atoms with Crippen molar-refractivity contribution in [2.75, 3.05) is 11.1 Å². The second-order valence-electron chi connectivity index (χ2n) is 4.82. The van der Waals surface area contributed by atoms with E-state index in [9.17, 15) is 9.59 Å². The number of nitrogens with zero attached hydrogens (tertiary/aromatic N) is 2. The van der Waals surface area contributed by atoms with Crippen LogP contribution in [0.2, 0.25) is 0 Å². The Balaban J connectivity index is 1.70. The molecule has 2 aromatic rings. The van der Waals surface area contributed by atoms with Crippen molar-refractivity contribution in [2.24, 2.45) is 0 Å². The molecule has 5 N–H and O–H groups in total. The van der Waals surface area contributed by atoms with Gasteiger partial charge in [-0.3, -0.25) is 14.7 Å². The highest BCUT2D eigenvalue weighted by molar-refractivity contribution is 6.03. The Kier molecular flexibility index (Phi) is 3.27. The van der Waals surface area contributed by atoms with E-state index in [0.717, 1.165) is 12.8 Å². The van der Waals surface area contributed by atoms with Gasteiger partial charge in [0.1, 0.15) is 0 Å². The Bertz CT molecular complexity index is 691. The van der Waals surface area contributed by atoms with E-state index in [-0.39, 0.29) is 23.7 Å². The van der Waals surface area contributed by atoms with Crippen molar-refractivity contribution in [3.05, 3.63) is 35.7 Å².